The SMILES string of the molecule is CC1CCCCC1.O=S(=O)(Cl)Cl. The molecule has 0 N–H and O–H groups in total. The molecule has 1 fully saturated rings. The monoisotopic (exact) mass is 232 g/mol. The highest BCUT2D eigenvalue weighted by Gasteiger charge is 2.05. The summed E-state index contributed by atoms with van der Waals surface area (Å²) in [5, 5.41) is 0. The first kappa shape index (κ1) is 12.5. The van der Waals surface area contributed by atoms with Crippen molar-refractivity contribution in [3.8, 4) is 0 Å². The third-order valence-electron chi connectivity index (χ3n) is 1.89. The molecule has 1 aliphatic rings. The van der Waals surface area contributed by atoms with E-state index in [1.165, 1.54) is 32.1 Å². The summed E-state index contributed by atoms with van der Waals surface area (Å²) in [6, 6.07) is 0. The van der Waals surface area contributed by atoms with Crippen LogP contribution in [0.1, 0.15) is 39.0 Å². The van der Waals surface area contributed by atoms with Gasteiger partial charge in [0.1, 0.15) is 0 Å². The van der Waals surface area contributed by atoms with Gasteiger partial charge in [-0.3, -0.25) is 0 Å². The van der Waals surface area contributed by atoms with Crippen molar-refractivity contribution >= 4 is 29.6 Å². The summed E-state index contributed by atoms with van der Waals surface area (Å²) in [7, 11) is 4.81. The van der Waals surface area contributed by atoms with Crippen LogP contribution >= 0.6 is 21.4 Å². The van der Waals surface area contributed by atoms with Gasteiger partial charge in [0.2, 0.25) is 0 Å². The molecule has 0 heterocycles. The van der Waals surface area contributed by atoms with Crippen LogP contribution in [0.15, 0.2) is 0 Å². The third-order valence-corrected chi connectivity index (χ3v) is 1.89. The second-order valence-corrected chi connectivity index (χ2v) is 6.79. The zero-order valence-corrected chi connectivity index (χ0v) is 9.42. The minimum Gasteiger partial charge on any atom is -0.195 e. The lowest BCUT2D eigenvalue weighted by atomic mass is 9.91. The van der Waals surface area contributed by atoms with E-state index < -0.39 is 8.26 Å². The Labute approximate surface area is 83.2 Å². The smallest absolute Gasteiger partial charge is 0.195 e. The molecule has 74 valence electrons. The maximum atomic E-state index is 9.16. The first-order chi connectivity index (χ1) is 5.39. The van der Waals surface area contributed by atoms with Gasteiger partial charge in [-0.2, -0.15) is 8.42 Å². The van der Waals surface area contributed by atoms with Crippen molar-refractivity contribution < 1.29 is 8.42 Å². The van der Waals surface area contributed by atoms with Gasteiger partial charge < -0.3 is 0 Å². The fraction of sp³-hybridized carbons (Fsp3) is 1.00. The van der Waals surface area contributed by atoms with Gasteiger partial charge in [-0.1, -0.05) is 39.0 Å². The average molecular weight is 233 g/mol. The zero-order chi connectivity index (χ0) is 9.61. The van der Waals surface area contributed by atoms with E-state index in [1.807, 2.05) is 0 Å². The molecular formula is C7H14Cl2O2S. The van der Waals surface area contributed by atoms with Crippen LogP contribution in [0.2, 0.25) is 0 Å². The molecule has 0 aromatic heterocycles. The fourth-order valence-corrected chi connectivity index (χ4v) is 1.31. The van der Waals surface area contributed by atoms with Crippen LogP contribution < -0.4 is 0 Å². The Bertz CT molecular complexity index is 187. The number of rotatable bonds is 0. The van der Waals surface area contributed by atoms with E-state index in [4.69, 9.17) is 8.42 Å². The second-order valence-electron chi connectivity index (χ2n) is 3.12. The maximum Gasteiger partial charge on any atom is 0.317 e. The summed E-state index contributed by atoms with van der Waals surface area (Å²) in [5.41, 5.74) is 0. The van der Waals surface area contributed by atoms with Crippen molar-refractivity contribution in [1.29, 1.82) is 0 Å². The van der Waals surface area contributed by atoms with Crippen molar-refractivity contribution in [1.82, 2.24) is 0 Å². The molecule has 0 unspecified atom stereocenters. The third kappa shape index (κ3) is 13.1. The molecule has 0 radical (unpaired) electrons. The van der Waals surface area contributed by atoms with Crippen LogP contribution in [0.4, 0.5) is 0 Å². The molecule has 12 heavy (non-hydrogen) atoms. The number of halogens is 2. The first-order valence-corrected chi connectivity index (χ1v) is 7.17. The van der Waals surface area contributed by atoms with Crippen LogP contribution in [0, 0.1) is 5.92 Å². The van der Waals surface area contributed by atoms with Gasteiger partial charge >= 0.3 is 8.26 Å². The molecule has 0 bridgehead atoms. The zero-order valence-electron chi connectivity index (χ0n) is 7.09. The minimum atomic E-state index is -3.72. The van der Waals surface area contributed by atoms with E-state index in [0.29, 0.717) is 0 Å². The number of hydrogen-bond donors (Lipinski definition) is 0. The molecule has 0 aliphatic heterocycles. The van der Waals surface area contributed by atoms with E-state index in [0.717, 1.165) is 5.92 Å². The highest BCUT2D eigenvalue weighted by molar-refractivity contribution is 8.31. The van der Waals surface area contributed by atoms with Gasteiger partial charge in [0.25, 0.3) is 0 Å². The van der Waals surface area contributed by atoms with Gasteiger partial charge in [-0.05, 0) is 5.92 Å². The first-order valence-electron chi connectivity index (χ1n) is 4.04. The maximum absolute atomic E-state index is 9.16. The molecule has 2 nitrogen and oxygen atoms in total. The standard InChI is InChI=1S/C7H14.Cl2O2S/c1-7-5-3-2-4-6-7;1-5(2,3)4/h7H,2-6H2,1H3;. The van der Waals surface area contributed by atoms with Crippen molar-refractivity contribution in [2.24, 2.45) is 5.92 Å². The van der Waals surface area contributed by atoms with Crippen LogP contribution in [0.3, 0.4) is 0 Å². The lowest BCUT2D eigenvalue weighted by Crippen LogP contribution is -1.99. The van der Waals surface area contributed by atoms with E-state index >= 15 is 0 Å². The molecule has 1 saturated carbocycles. The van der Waals surface area contributed by atoms with Gasteiger partial charge in [0.15, 0.2) is 0 Å². The molecule has 1 rings (SSSR count). The van der Waals surface area contributed by atoms with Crippen molar-refractivity contribution in [3.63, 3.8) is 0 Å². The van der Waals surface area contributed by atoms with E-state index in [2.05, 4.69) is 28.3 Å². The molecule has 0 aromatic carbocycles. The largest absolute Gasteiger partial charge is 0.317 e. The Balaban J connectivity index is 0.000000217. The van der Waals surface area contributed by atoms with E-state index in [-0.39, 0.29) is 0 Å². The minimum absolute atomic E-state index is 1.04. The molecular weight excluding hydrogens is 219 g/mol. The summed E-state index contributed by atoms with van der Waals surface area (Å²) < 4.78 is 18.3. The van der Waals surface area contributed by atoms with Crippen LogP contribution in [0.5, 0.6) is 0 Å². The summed E-state index contributed by atoms with van der Waals surface area (Å²) in [5.74, 6) is 1.04. The average Bonchev–Trinajstić information content (AvgIpc) is 1.85. The Kier molecular flexibility index (Phi) is 6.32. The van der Waals surface area contributed by atoms with Crippen LogP contribution in [-0.2, 0) is 8.26 Å². The Morgan fingerprint density at radius 1 is 1.08 bits per heavy atom. The van der Waals surface area contributed by atoms with E-state index in [1.54, 1.807) is 0 Å². The van der Waals surface area contributed by atoms with Crippen LogP contribution in [-0.4, -0.2) is 8.42 Å². The summed E-state index contributed by atoms with van der Waals surface area (Å²) in [4.78, 5) is 0. The van der Waals surface area contributed by atoms with Crippen molar-refractivity contribution in [3.05, 3.63) is 0 Å². The topological polar surface area (TPSA) is 34.1 Å². The Hall–Kier alpha value is 0.530. The molecule has 0 amide bonds. The van der Waals surface area contributed by atoms with Gasteiger partial charge in [0.05, 0.1) is 0 Å². The quantitative estimate of drug-likeness (QED) is 0.601. The highest BCUT2D eigenvalue weighted by Crippen LogP contribution is 2.22. The lowest BCUT2D eigenvalue weighted by Gasteiger charge is -2.15. The van der Waals surface area contributed by atoms with E-state index in [9.17, 15) is 0 Å². The predicted molar refractivity (Wildman–Crippen MR) is 52.9 cm³/mol. The Morgan fingerprint density at radius 3 is 1.58 bits per heavy atom. The molecule has 1 aliphatic carbocycles. The van der Waals surface area contributed by atoms with Gasteiger partial charge in [-0.25, -0.2) is 0 Å². The lowest BCUT2D eigenvalue weighted by molar-refractivity contribution is 0.385. The fourth-order valence-electron chi connectivity index (χ4n) is 1.31. The van der Waals surface area contributed by atoms with Crippen molar-refractivity contribution in [2.75, 3.05) is 0 Å². The van der Waals surface area contributed by atoms with Gasteiger partial charge in [0, 0.05) is 21.4 Å². The molecule has 0 saturated heterocycles. The Morgan fingerprint density at radius 2 is 1.42 bits per heavy atom. The number of hydrogen-bond acceptors (Lipinski definition) is 2. The van der Waals surface area contributed by atoms with Gasteiger partial charge in [-0.15, -0.1) is 0 Å². The summed E-state index contributed by atoms with van der Waals surface area (Å²) >= 11 is 0. The molecule has 0 atom stereocenters. The molecule has 5 heteroatoms. The molecule has 0 spiro atoms. The highest BCUT2D eigenvalue weighted by atomic mass is 36.0. The second kappa shape index (κ2) is 6.06. The predicted octanol–water partition coefficient (Wildman–Crippen LogP) is 3.30. The van der Waals surface area contributed by atoms with Crippen molar-refractivity contribution in [2.45, 2.75) is 39.0 Å². The molecule has 0 aromatic rings. The summed E-state index contributed by atoms with van der Waals surface area (Å²) in [6.45, 7) is 2.36. The summed E-state index contributed by atoms with van der Waals surface area (Å²) in [6.07, 6.45) is 7.44. The van der Waals surface area contributed by atoms with Crippen LogP contribution in [0.25, 0.3) is 0 Å². The normalized spacial score (nSPS) is 19.6.